The van der Waals surface area contributed by atoms with Gasteiger partial charge in [-0.3, -0.25) is 4.79 Å². The van der Waals surface area contributed by atoms with Gasteiger partial charge < -0.3 is 4.74 Å². The van der Waals surface area contributed by atoms with Gasteiger partial charge in [0, 0.05) is 5.56 Å². The van der Waals surface area contributed by atoms with E-state index in [1.165, 1.54) is 13.2 Å². The van der Waals surface area contributed by atoms with Gasteiger partial charge in [-0.25, -0.2) is 4.39 Å². The predicted octanol–water partition coefficient (Wildman–Crippen LogP) is 2.72. The Kier molecular flexibility index (Phi) is 3.47. The first-order valence-corrected chi connectivity index (χ1v) is 4.47. The maximum absolute atomic E-state index is 12.5. The fraction of sp³-hybridized carbons (Fsp3) is 0.300. The number of ketones is 1. The molecular formula is C10H10ClFO2. The minimum Gasteiger partial charge on any atom is -0.496 e. The van der Waals surface area contributed by atoms with Crippen molar-refractivity contribution in [1.29, 1.82) is 0 Å². The number of alkyl halides is 2. The van der Waals surface area contributed by atoms with E-state index in [2.05, 4.69) is 0 Å². The van der Waals surface area contributed by atoms with E-state index in [1.54, 1.807) is 19.1 Å². The largest absolute Gasteiger partial charge is 0.496 e. The lowest BCUT2D eigenvalue weighted by Crippen LogP contribution is -2.09. The summed E-state index contributed by atoms with van der Waals surface area (Å²) >= 11 is 5.04. The van der Waals surface area contributed by atoms with Gasteiger partial charge in [0.05, 0.1) is 7.11 Å². The van der Waals surface area contributed by atoms with Crippen LogP contribution in [0.4, 0.5) is 4.39 Å². The van der Waals surface area contributed by atoms with Crippen LogP contribution in [-0.2, 0) is 0 Å². The summed E-state index contributed by atoms with van der Waals surface area (Å²) in [7, 11) is 1.53. The van der Waals surface area contributed by atoms with Gasteiger partial charge in [-0.05, 0) is 30.7 Å². The minimum absolute atomic E-state index is 0.255. The van der Waals surface area contributed by atoms with E-state index in [1.807, 2.05) is 0 Å². The molecule has 0 radical (unpaired) electrons. The van der Waals surface area contributed by atoms with Gasteiger partial charge in [-0.1, -0.05) is 11.6 Å². The lowest BCUT2D eigenvalue weighted by molar-refractivity contribution is 0.0934. The fourth-order valence-corrected chi connectivity index (χ4v) is 1.28. The SMILES string of the molecule is COc1ccc(C(=O)C(F)Cl)cc1C. The number of rotatable bonds is 3. The Morgan fingerprint density at radius 1 is 1.57 bits per heavy atom. The Labute approximate surface area is 86.6 Å². The molecule has 0 aliphatic rings. The highest BCUT2D eigenvalue weighted by Crippen LogP contribution is 2.20. The van der Waals surface area contributed by atoms with Crippen molar-refractivity contribution < 1.29 is 13.9 Å². The number of aryl methyl sites for hydroxylation is 1. The summed E-state index contributed by atoms with van der Waals surface area (Å²) < 4.78 is 17.5. The maximum atomic E-state index is 12.5. The second kappa shape index (κ2) is 4.42. The standard InChI is InChI=1S/C10H10ClFO2/c1-6-5-7(9(13)10(11)12)3-4-8(6)14-2/h3-5,10H,1-2H3. The summed E-state index contributed by atoms with van der Waals surface area (Å²) in [5.74, 6) is -0.0658. The molecule has 2 nitrogen and oxygen atoms in total. The third kappa shape index (κ3) is 2.23. The van der Waals surface area contributed by atoms with Crippen LogP contribution in [-0.4, -0.2) is 18.5 Å². The van der Waals surface area contributed by atoms with Gasteiger partial charge in [0.1, 0.15) is 5.75 Å². The van der Waals surface area contributed by atoms with Crippen LogP contribution in [0.15, 0.2) is 18.2 Å². The van der Waals surface area contributed by atoms with Gasteiger partial charge in [-0.2, -0.15) is 0 Å². The molecular weight excluding hydrogens is 207 g/mol. The fourth-order valence-electron chi connectivity index (χ4n) is 1.16. The maximum Gasteiger partial charge on any atom is 0.235 e. The highest BCUT2D eigenvalue weighted by molar-refractivity contribution is 6.32. The van der Waals surface area contributed by atoms with Gasteiger partial charge in [0.2, 0.25) is 11.4 Å². The van der Waals surface area contributed by atoms with Crippen molar-refractivity contribution in [3.8, 4) is 5.75 Å². The van der Waals surface area contributed by atoms with Crippen LogP contribution in [0.5, 0.6) is 5.75 Å². The van der Waals surface area contributed by atoms with Crippen LogP contribution < -0.4 is 4.74 Å². The first-order chi connectivity index (χ1) is 6.56. The molecule has 0 amide bonds. The zero-order valence-electron chi connectivity index (χ0n) is 7.88. The molecule has 0 fully saturated rings. The Hall–Kier alpha value is -1.09. The Bertz CT molecular complexity index is 350. The topological polar surface area (TPSA) is 26.3 Å². The van der Waals surface area contributed by atoms with E-state index in [4.69, 9.17) is 16.3 Å². The van der Waals surface area contributed by atoms with Crippen molar-refractivity contribution in [1.82, 2.24) is 0 Å². The normalized spacial score (nSPS) is 12.3. The molecule has 4 heteroatoms. The van der Waals surface area contributed by atoms with Crippen molar-refractivity contribution in [2.75, 3.05) is 7.11 Å². The lowest BCUT2D eigenvalue weighted by Gasteiger charge is -2.06. The van der Waals surface area contributed by atoms with E-state index in [-0.39, 0.29) is 5.56 Å². The quantitative estimate of drug-likeness (QED) is 0.574. The number of Topliss-reactive ketones (excluding diaryl/α,β-unsaturated/α-hetero) is 1. The minimum atomic E-state index is -1.98. The molecule has 76 valence electrons. The van der Waals surface area contributed by atoms with Crippen LogP contribution in [0.2, 0.25) is 0 Å². The van der Waals surface area contributed by atoms with Crippen molar-refractivity contribution in [2.24, 2.45) is 0 Å². The molecule has 1 unspecified atom stereocenters. The monoisotopic (exact) mass is 216 g/mol. The lowest BCUT2D eigenvalue weighted by atomic mass is 10.1. The predicted molar refractivity (Wildman–Crippen MR) is 52.8 cm³/mol. The Balaban J connectivity index is 3.03. The summed E-state index contributed by atoms with van der Waals surface area (Å²) in [5, 5.41) is 0. The first-order valence-electron chi connectivity index (χ1n) is 4.03. The van der Waals surface area contributed by atoms with E-state index in [9.17, 15) is 9.18 Å². The number of halogens is 2. The summed E-state index contributed by atoms with van der Waals surface area (Å²) in [6.07, 6.45) is 0. The summed E-state index contributed by atoms with van der Waals surface area (Å²) in [5.41, 5.74) is -0.954. The Morgan fingerprint density at radius 2 is 2.21 bits per heavy atom. The van der Waals surface area contributed by atoms with Crippen LogP contribution >= 0.6 is 11.6 Å². The molecule has 1 aromatic carbocycles. The van der Waals surface area contributed by atoms with E-state index < -0.39 is 11.4 Å². The molecule has 0 spiro atoms. The molecule has 0 saturated carbocycles. The molecule has 0 aromatic heterocycles. The number of carbonyl (C=O) groups is 1. The van der Waals surface area contributed by atoms with Crippen molar-refractivity contribution in [2.45, 2.75) is 12.6 Å². The van der Waals surface area contributed by atoms with Crippen molar-refractivity contribution in [3.05, 3.63) is 29.3 Å². The highest BCUT2D eigenvalue weighted by atomic mass is 35.5. The molecule has 1 aromatic rings. The third-order valence-electron chi connectivity index (χ3n) is 1.88. The van der Waals surface area contributed by atoms with Crippen LogP contribution in [0, 0.1) is 6.92 Å². The van der Waals surface area contributed by atoms with Crippen LogP contribution in [0.1, 0.15) is 15.9 Å². The van der Waals surface area contributed by atoms with E-state index in [0.29, 0.717) is 5.75 Å². The smallest absolute Gasteiger partial charge is 0.235 e. The molecule has 0 heterocycles. The van der Waals surface area contributed by atoms with E-state index in [0.717, 1.165) is 5.56 Å². The molecule has 0 aliphatic heterocycles. The van der Waals surface area contributed by atoms with Gasteiger partial charge in [0.25, 0.3) is 0 Å². The van der Waals surface area contributed by atoms with Crippen molar-refractivity contribution in [3.63, 3.8) is 0 Å². The van der Waals surface area contributed by atoms with Gasteiger partial charge in [0.15, 0.2) is 0 Å². The zero-order valence-corrected chi connectivity index (χ0v) is 8.64. The molecule has 1 rings (SSSR count). The third-order valence-corrected chi connectivity index (χ3v) is 2.08. The summed E-state index contributed by atoms with van der Waals surface area (Å²) in [6, 6.07) is 4.65. The average molecular weight is 217 g/mol. The second-order valence-corrected chi connectivity index (χ2v) is 3.23. The van der Waals surface area contributed by atoms with Crippen molar-refractivity contribution >= 4 is 17.4 Å². The van der Waals surface area contributed by atoms with Gasteiger partial charge >= 0.3 is 0 Å². The zero-order chi connectivity index (χ0) is 10.7. The molecule has 0 aliphatic carbocycles. The molecule has 14 heavy (non-hydrogen) atoms. The molecule has 0 bridgehead atoms. The first kappa shape index (κ1) is 11.0. The number of hydrogen-bond donors (Lipinski definition) is 0. The second-order valence-electron chi connectivity index (χ2n) is 2.85. The van der Waals surface area contributed by atoms with E-state index >= 15 is 0 Å². The molecule has 0 saturated heterocycles. The number of methoxy groups -OCH3 is 1. The Morgan fingerprint density at radius 3 is 2.64 bits per heavy atom. The number of benzene rings is 1. The number of ether oxygens (including phenoxy) is 1. The highest BCUT2D eigenvalue weighted by Gasteiger charge is 2.16. The van der Waals surface area contributed by atoms with Crippen LogP contribution in [0.3, 0.4) is 0 Å². The summed E-state index contributed by atoms with van der Waals surface area (Å²) in [4.78, 5) is 11.1. The number of hydrogen-bond acceptors (Lipinski definition) is 2. The number of carbonyl (C=O) groups excluding carboxylic acids is 1. The summed E-state index contributed by atoms with van der Waals surface area (Å²) in [6.45, 7) is 1.77. The molecule has 1 atom stereocenters. The molecule has 0 N–H and O–H groups in total. The van der Waals surface area contributed by atoms with Gasteiger partial charge in [-0.15, -0.1) is 0 Å². The average Bonchev–Trinajstić information content (AvgIpc) is 2.16. The van der Waals surface area contributed by atoms with Crippen LogP contribution in [0.25, 0.3) is 0 Å².